The van der Waals surface area contributed by atoms with E-state index in [2.05, 4.69) is 39.6 Å². The van der Waals surface area contributed by atoms with E-state index in [1.807, 2.05) is 0 Å². The summed E-state index contributed by atoms with van der Waals surface area (Å²) < 4.78 is 0. The van der Waals surface area contributed by atoms with Gasteiger partial charge in [-0.1, -0.05) is 27.2 Å². The van der Waals surface area contributed by atoms with Crippen LogP contribution >= 0.6 is 0 Å². The van der Waals surface area contributed by atoms with Crippen molar-refractivity contribution in [3.63, 3.8) is 0 Å². The van der Waals surface area contributed by atoms with Crippen LogP contribution in [0, 0.1) is 5.92 Å². The number of hydrogen-bond acceptors (Lipinski definition) is 1. The zero-order valence-electron chi connectivity index (χ0n) is 8.72. The van der Waals surface area contributed by atoms with Gasteiger partial charge in [-0.2, -0.15) is 0 Å². The van der Waals surface area contributed by atoms with Gasteiger partial charge in [0.25, 0.3) is 0 Å². The van der Waals surface area contributed by atoms with Crippen LogP contribution in [-0.2, 0) is 0 Å². The smallest absolute Gasteiger partial charge is 0.00613 e. The maximum atomic E-state index is 2.45. The third-order valence-electron chi connectivity index (χ3n) is 2.64. The van der Waals surface area contributed by atoms with Crippen molar-refractivity contribution < 1.29 is 0 Å². The van der Waals surface area contributed by atoms with Gasteiger partial charge in [0.1, 0.15) is 0 Å². The average molecular weight is 157 g/mol. The van der Waals surface area contributed by atoms with Gasteiger partial charge in [0, 0.05) is 12.6 Å². The molecule has 0 heterocycles. The Bertz CT molecular complexity index is 90.9. The second-order valence-corrected chi connectivity index (χ2v) is 3.71. The molecule has 11 heavy (non-hydrogen) atoms. The summed E-state index contributed by atoms with van der Waals surface area (Å²) in [7, 11) is 2.22. The molecule has 0 aromatic carbocycles. The monoisotopic (exact) mass is 157 g/mol. The van der Waals surface area contributed by atoms with Crippen LogP contribution in [0.25, 0.3) is 0 Å². The predicted octanol–water partition coefficient (Wildman–Crippen LogP) is 2.76. The highest BCUT2D eigenvalue weighted by Crippen LogP contribution is 2.07. The number of rotatable bonds is 5. The normalized spacial score (nSPS) is 16.9. The summed E-state index contributed by atoms with van der Waals surface area (Å²) in [5, 5.41) is 0. The van der Waals surface area contributed by atoms with E-state index in [0.29, 0.717) is 0 Å². The second kappa shape index (κ2) is 5.59. The van der Waals surface area contributed by atoms with Crippen molar-refractivity contribution in [2.24, 2.45) is 5.92 Å². The van der Waals surface area contributed by atoms with Gasteiger partial charge in [-0.25, -0.2) is 0 Å². The first kappa shape index (κ1) is 11.0. The molecule has 0 aromatic rings. The molecule has 0 aliphatic heterocycles. The van der Waals surface area contributed by atoms with Crippen LogP contribution in [-0.4, -0.2) is 24.5 Å². The molecule has 0 radical (unpaired) electrons. The predicted molar refractivity (Wildman–Crippen MR) is 51.8 cm³/mol. The van der Waals surface area contributed by atoms with Crippen LogP contribution in [0.15, 0.2) is 0 Å². The second-order valence-electron chi connectivity index (χ2n) is 3.71. The highest BCUT2D eigenvalue weighted by atomic mass is 15.1. The number of hydrogen-bond donors (Lipinski definition) is 0. The van der Waals surface area contributed by atoms with E-state index in [9.17, 15) is 0 Å². The number of nitrogens with zero attached hydrogens (tertiary/aromatic N) is 1. The molecular formula is C10H23N. The van der Waals surface area contributed by atoms with E-state index >= 15 is 0 Å². The molecule has 0 saturated heterocycles. The van der Waals surface area contributed by atoms with E-state index in [-0.39, 0.29) is 0 Å². The maximum Gasteiger partial charge on any atom is 0.00613 e. The fraction of sp³-hybridized carbons (Fsp3) is 1.00. The first-order chi connectivity index (χ1) is 5.11. The van der Waals surface area contributed by atoms with Gasteiger partial charge in [-0.3, -0.25) is 0 Å². The maximum absolute atomic E-state index is 2.45. The topological polar surface area (TPSA) is 3.24 Å². The van der Waals surface area contributed by atoms with Crippen LogP contribution in [0.5, 0.6) is 0 Å². The third-order valence-corrected chi connectivity index (χ3v) is 2.64. The standard InChI is InChI=1S/C10H23N/c1-6-9(3)8-11(5)10(4)7-2/h9-10H,6-8H2,1-5H3. The summed E-state index contributed by atoms with van der Waals surface area (Å²) in [6, 6.07) is 0.740. The molecule has 0 aliphatic carbocycles. The SMILES string of the molecule is CCC(C)CN(C)C(C)CC. The van der Waals surface area contributed by atoms with E-state index < -0.39 is 0 Å². The Balaban J connectivity index is 3.58. The molecule has 0 fully saturated rings. The van der Waals surface area contributed by atoms with Crippen LogP contribution < -0.4 is 0 Å². The Hall–Kier alpha value is -0.0400. The summed E-state index contributed by atoms with van der Waals surface area (Å²) >= 11 is 0. The quantitative estimate of drug-likeness (QED) is 0.593. The Morgan fingerprint density at radius 1 is 1.09 bits per heavy atom. The van der Waals surface area contributed by atoms with E-state index in [1.165, 1.54) is 19.4 Å². The molecule has 0 bridgehead atoms. The highest BCUT2D eigenvalue weighted by Gasteiger charge is 2.08. The van der Waals surface area contributed by atoms with Crippen molar-refractivity contribution in [1.82, 2.24) is 4.90 Å². The Labute approximate surface area is 71.8 Å². The Morgan fingerprint density at radius 2 is 1.64 bits per heavy atom. The molecule has 2 unspecified atom stereocenters. The van der Waals surface area contributed by atoms with Crippen molar-refractivity contribution in [2.75, 3.05) is 13.6 Å². The van der Waals surface area contributed by atoms with Gasteiger partial charge < -0.3 is 4.90 Å². The minimum Gasteiger partial charge on any atom is -0.303 e. The molecule has 0 spiro atoms. The van der Waals surface area contributed by atoms with E-state index in [0.717, 1.165) is 12.0 Å². The third kappa shape index (κ3) is 4.41. The van der Waals surface area contributed by atoms with Crippen LogP contribution in [0.4, 0.5) is 0 Å². The van der Waals surface area contributed by atoms with Gasteiger partial charge in [-0.15, -0.1) is 0 Å². The Morgan fingerprint density at radius 3 is 2.00 bits per heavy atom. The molecule has 0 aliphatic rings. The summed E-state index contributed by atoms with van der Waals surface area (Å²) in [5.74, 6) is 0.842. The first-order valence-corrected chi connectivity index (χ1v) is 4.82. The molecule has 1 nitrogen and oxygen atoms in total. The largest absolute Gasteiger partial charge is 0.303 e. The lowest BCUT2D eigenvalue weighted by atomic mass is 10.1. The van der Waals surface area contributed by atoms with Gasteiger partial charge in [0.2, 0.25) is 0 Å². The molecule has 0 amide bonds. The fourth-order valence-electron chi connectivity index (χ4n) is 1.11. The van der Waals surface area contributed by atoms with E-state index in [1.54, 1.807) is 0 Å². The first-order valence-electron chi connectivity index (χ1n) is 4.82. The molecule has 2 atom stereocenters. The summed E-state index contributed by atoms with van der Waals surface area (Å²) in [6.07, 6.45) is 2.55. The summed E-state index contributed by atoms with van der Waals surface area (Å²) in [5.41, 5.74) is 0. The average Bonchev–Trinajstić information content (AvgIpc) is 2.02. The summed E-state index contributed by atoms with van der Waals surface area (Å²) in [6.45, 7) is 10.4. The van der Waals surface area contributed by atoms with Crippen LogP contribution in [0.2, 0.25) is 0 Å². The van der Waals surface area contributed by atoms with Gasteiger partial charge in [0.05, 0.1) is 0 Å². The lowest BCUT2D eigenvalue weighted by Crippen LogP contribution is -2.32. The Kier molecular flexibility index (Phi) is 5.57. The minimum atomic E-state index is 0.740. The highest BCUT2D eigenvalue weighted by molar-refractivity contribution is 4.63. The van der Waals surface area contributed by atoms with Crippen molar-refractivity contribution in [3.8, 4) is 0 Å². The lowest BCUT2D eigenvalue weighted by molar-refractivity contribution is 0.217. The molecular weight excluding hydrogens is 134 g/mol. The molecule has 0 saturated carbocycles. The van der Waals surface area contributed by atoms with Crippen molar-refractivity contribution in [2.45, 2.75) is 46.6 Å². The van der Waals surface area contributed by atoms with Crippen LogP contribution in [0.3, 0.4) is 0 Å². The molecule has 0 aromatic heterocycles. The summed E-state index contributed by atoms with van der Waals surface area (Å²) in [4.78, 5) is 2.45. The van der Waals surface area contributed by atoms with Gasteiger partial charge >= 0.3 is 0 Å². The van der Waals surface area contributed by atoms with E-state index in [4.69, 9.17) is 0 Å². The van der Waals surface area contributed by atoms with Crippen molar-refractivity contribution in [1.29, 1.82) is 0 Å². The van der Waals surface area contributed by atoms with Crippen molar-refractivity contribution in [3.05, 3.63) is 0 Å². The molecule has 0 N–H and O–H groups in total. The van der Waals surface area contributed by atoms with Gasteiger partial charge in [-0.05, 0) is 26.3 Å². The minimum absolute atomic E-state index is 0.740. The zero-order valence-corrected chi connectivity index (χ0v) is 8.72. The van der Waals surface area contributed by atoms with Gasteiger partial charge in [0.15, 0.2) is 0 Å². The van der Waals surface area contributed by atoms with Crippen molar-refractivity contribution >= 4 is 0 Å². The van der Waals surface area contributed by atoms with Crippen LogP contribution in [0.1, 0.15) is 40.5 Å². The lowest BCUT2D eigenvalue weighted by Gasteiger charge is -2.26. The fourth-order valence-corrected chi connectivity index (χ4v) is 1.11. The molecule has 0 rings (SSSR count). The molecule has 1 heteroatoms. The zero-order chi connectivity index (χ0) is 8.85. The molecule has 68 valence electrons.